The molecule has 130 valence electrons. The molecule has 1 aliphatic heterocycles. The van der Waals surface area contributed by atoms with Crippen LogP contribution in [0.25, 0.3) is 0 Å². The largest absolute Gasteiger partial charge is 0.490 e. The Bertz CT molecular complexity index is 864. The maximum atomic E-state index is 13.2. The van der Waals surface area contributed by atoms with Crippen LogP contribution in [0.2, 0.25) is 0 Å². The monoisotopic (exact) mass is 346 g/mol. The van der Waals surface area contributed by atoms with E-state index >= 15 is 0 Å². The van der Waals surface area contributed by atoms with E-state index in [1.807, 2.05) is 0 Å². The summed E-state index contributed by atoms with van der Waals surface area (Å²) in [6, 6.07) is 7.95. The van der Waals surface area contributed by atoms with Gasteiger partial charge in [-0.05, 0) is 38.1 Å². The molecule has 0 spiro atoms. The fourth-order valence-electron chi connectivity index (χ4n) is 2.64. The molecule has 0 bridgehead atoms. The summed E-state index contributed by atoms with van der Waals surface area (Å²) < 4.78 is 24.0. The molecule has 0 atom stereocenters. The van der Waals surface area contributed by atoms with Gasteiger partial charge in [-0.1, -0.05) is 0 Å². The Kier molecular flexibility index (Phi) is 3.82. The topological polar surface area (TPSA) is 81.9 Å². The molecule has 3 rings (SSSR count). The molecule has 25 heavy (non-hydrogen) atoms. The molecule has 0 radical (unpaired) electrons. The number of fused-ring (bicyclic) bond motifs is 1. The van der Waals surface area contributed by atoms with Gasteiger partial charge in [0.1, 0.15) is 5.82 Å². The maximum absolute atomic E-state index is 13.2. The van der Waals surface area contributed by atoms with Crippen molar-refractivity contribution in [1.29, 1.82) is 0 Å². The molecule has 2 aromatic carbocycles. The van der Waals surface area contributed by atoms with E-state index in [0.717, 1.165) is 0 Å². The second-order valence-corrected chi connectivity index (χ2v) is 5.98. The summed E-state index contributed by atoms with van der Waals surface area (Å²) in [7, 11) is 1.30. The predicted molar refractivity (Wildman–Crippen MR) is 87.9 cm³/mol. The van der Waals surface area contributed by atoms with Crippen LogP contribution in [0, 0.1) is 15.9 Å². The van der Waals surface area contributed by atoms with Crippen LogP contribution >= 0.6 is 0 Å². The Morgan fingerprint density at radius 2 is 1.88 bits per heavy atom. The molecule has 0 N–H and O–H groups in total. The molecule has 0 aliphatic carbocycles. The minimum absolute atomic E-state index is 0.00744. The lowest BCUT2D eigenvalue weighted by atomic mass is 10.0. The first-order chi connectivity index (χ1) is 11.7. The highest BCUT2D eigenvalue weighted by Crippen LogP contribution is 2.47. The number of methoxy groups -OCH3 is 1. The zero-order valence-electron chi connectivity index (χ0n) is 13.8. The van der Waals surface area contributed by atoms with Crippen LogP contribution in [0.4, 0.5) is 21.5 Å². The Labute approximate surface area is 142 Å². The van der Waals surface area contributed by atoms with Crippen molar-refractivity contribution >= 4 is 23.0 Å². The Morgan fingerprint density at radius 1 is 1.24 bits per heavy atom. The summed E-state index contributed by atoms with van der Waals surface area (Å²) in [6.45, 7) is 3.12. The average molecular weight is 346 g/mol. The van der Waals surface area contributed by atoms with Crippen molar-refractivity contribution in [3.63, 3.8) is 0 Å². The number of anilines is 2. The summed E-state index contributed by atoms with van der Waals surface area (Å²) in [5.41, 5.74) is -0.812. The molecule has 0 fully saturated rings. The number of nitro benzene ring substituents is 1. The number of halogens is 1. The van der Waals surface area contributed by atoms with Crippen molar-refractivity contribution in [1.82, 2.24) is 0 Å². The summed E-state index contributed by atoms with van der Waals surface area (Å²) in [5.74, 6) is -0.666. The third kappa shape index (κ3) is 2.75. The van der Waals surface area contributed by atoms with Gasteiger partial charge in [-0.2, -0.15) is 0 Å². The lowest BCUT2D eigenvalue weighted by Gasteiger charge is -2.38. The van der Waals surface area contributed by atoms with Crippen molar-refractivity contribution in [2.45, 2.75) is 19.4 Å². The molecule has 0 saturated heterocycles. The summed E-state index contributed by atoms with van der Waals surface area (Å²) in [5, 5.41) is 11.2. The standard InChI is InChI=1S/C17H15FN2O5/c1-17(2)16(21)19(11-6-4-10(18)5-7-11)12-8-14(24-3)13(20(22)23)9-15(12)25-17/h4-9H,1-3H3. The van der Waals surface area contributed by atoms with Crippen LogP contribution in [0.5, 0.6) is 11.5 Å². The molecule has 1 heterocycles. The lowest BCUT2D eigenvalue weighted by Crippen LogP contribution is -2.50. The van der Waals surface area contributed by atoms with Gasteiger partial charge in [-0.3, -0.25) is 19.8 Å². The van der Waals surface area contributed by atoms with Gasteiger partial charge in [0.05, 0.1) is 23.8 Å². The Morgan fingerprint density at radius 3 is 2.44 bits per heavy atom. The summed E-state index contributed by atoms with van der Waals surface area (Å²) in [6.07, 6.45) is 0. The van der Waals surface area contributed by atoms with Crippen LogP contribution in [0.1, 0.15) is 13.8 Å². The number of amides is 1. The number of benzene rings is 2. The first-order valence-corrected chi connectivity index (χ1v) is 7.40. The quantitative estimate of drug-likeness (QED) is 0.627. The predicted octanol–water partition coefficient (Wildman–Crippen LogP) is 3.58. The van der Waals surface area contributed by atoms with Gasteiger partial charge in [-0.15, -0.1) is 0 Å². The minimum atomic E-state index is -1.25. The summed E-state index contributed by atoms with van der Waals surface area (Å²) in [4.78, 5) is 24.8. The molecule has 0 aromatic heterocycles. The molecule has 0 unspecified atom stereocenters. The van der Waals surface area contributed by atoms with Gasteiger partial charge >= 0.3 is 5.69 Å². The number of rotatable bonds is 3. The van der Waals surface area contributed by atoms with E-state index < -0.39 is 16.3 Å². The van der Waals surface area contributed by atoms with Gasteiger partial charge in [0.2, 0.25) is 0 Å². The molecule has 0 saturated carbocycles. The van der Waals surface area contributed by atoms with Crippen LogP contribution in [-0.2, 0) is 4.79 Å². The van der Waals surface area contributed by atoms with Gasteiger partial charge in [0.25, 0.3) is 5.91 Å². The van der Waals surface area contributed by atoms with E-state index in [-0.39, 0.29) is 23.1 Å². The number of hydrogen-bond acceptors (Lipinski definition) is 5. The molecule has 8 heteroatoms. The van der Waals surface area contributed by atoms with Gasteiger partial charge in [0.15, 0.2) is 17.1 Å². The normalized spacial score (nSPS) is 15.4. The Balaban J connectivity index is 2.24. The molecule has 2 aromatic rings. The highest BCUT2D eigenvalue weighted by molar-refractivity contribution is 6.08. The van der Waals surface area contributed by atoms with E-state index in [2.05, 4.69) is 0 Å². The van der Waals surface area contributed by atoms with Crippen molar-refractivity contribution < 1.29 is 23.6 Å². The lowest BCUT2D eigenvalue weighted by molar-refractivity contribution is -0.385. The highest BCUT2D eigenvalue weighted by Gasteiger charge is 2.43. The maximum Gasteiger partial charge on any atom is 0.314 e. The number of ether oxygens (including phenoxy) is 2. The van der Waals surface area contributed by atoms with Gasteiger partial charge in [-0.25, -0.2) is 4.39 Å². The number of nitrogens with zero attached hydrogens (tertiary/aromatic N) is 2. The van der Waals surface area contributed by atoms with Crippen molar-refractivity contribution in [3.8, 4) is 11.5 Å². The molecule has 1 amide bonds. The number of hydrogen-bond donors (Lipinski definition) is 0. The first kappa shape index (κ1) is 16.7. The second kappa shape index (κ2) is 5.73. The Hall–Kier alpha value is -3.16. The van der Waals surface area contributed by atoms with E-state index in [4.69, 9.17) is 9.47 Å². The molecular weight excluding hydrogens is 331 g/mol. The zero-order chi connectivity index (χ0) is 18.4. The van der Waals surface area contributed by atoms with E-state index in [9.17, 15) is 19.3 Å². The van der Waals surface area contributed by atoms with Crippen molar-refractivity contribution in [2.75, 3.05) is 12.0 Å². The van der Waals surface area contributed by atoms with Crippen LogP contribution < -0.4 is 14.4 Å². The third-order valence-electron chi connectivity index (χ3n) is 3.87. The minimum Gasteiger partial charge on any atom is -0.490 e. The zero-order valence-corrected chi connectivity index (χ0v) is 13.8. The van der Waals surface area contributed by atoms with Crippen molar-refractivity contribution in [3.05, 3.63) is 52.3 Å². The smallest absolute Gasteiger partial charge is 0.314 e. The SMILES string of the molecule is COc1cc2c(cc1[N+](=O)[O-])OC(C)(C)C(=O)N2c1ccc(F)cc1. The average Bonchev–Trinajstić information content (AvgIpc) is 2.56. The van der Waals surface area contributed by atoms with Gasteiger partial charge in [0, 0.05) is 11.8 Å². The number of carbonyl (C=O) groups excluding carboxylic acids is 1. The number of carbonyl (C=O) groups is 1. The van der Waals surface area contributed by atoms with E-state index in [1.165, 1.54) is 48.4 Å². The van der Waals surface area contributed by atoms with Crippen LogP contribution in [0.3, 0.4) is 0 Å². The third-order valence-corrected chi connectivity index (χ3v) is 3.87. The fraction of sp³-hybridized carbons (Fsp3) is 0.235. The second-order valence-electron chi connectivity index (χ2n) is 5.98. The fourth-order valence-corrected chi connectivity index (χ4v) is 2.64. The van der Waals surface area contributed by atoms with Crippen molar-refractivity contribution in [2.24, 2.45) is 0 Å². The summed E-state index contributed by atoms with van der Waals surface area (Å²) >= 11 is 0. The molecular formula is C17H15FN2O5. The van der Waals surface area contributed by atoms with Crippen LogP contribution in [-0.4, -0.2) is 23.5 Å². The highest BCUT2D eigenvalue weighted by atomic mass is 19.1. The van der Waals surface area contributed by atoms with Crippen LogP contribution in [0.15, 0.2) is 36.4 Å². The number of nitro groups is 1. The molecule has 7 nitrogen and oxygen atoms in total. The van der Waals surface area contributed by atoms with E-state index in [0.29, 0.717) is 11.4 Å². The molecule has 1 aliphatic rings. The van der Waals surface area contributed by atoms with E-state index in [1.54, 1.807) is 13.8 Å². The first-order valence-electron chi connectivity index (χ1n) is 7.40. The van der Waals surface area contributed by atoms with Gasteiger partial charge < -0.3 is 9.47 Å².